The molecule has 0 radical (unpaired) electrons. The summed E-state index contributed by atoms with van der Waals surface area (Å²) in [4.78, 5) is 41.0. The highest BCUT2D eigenvalue weighted by atomic mass is 79.9. The van der Waals surface area contributed by atoms with Crippen LogP contribution < -0.4 is 4.90 Å². The number of carbonyl (C=O) groups is 3. The molecule has 3 aromatic carbocycles. The molecule has 0 saturated heterocycles. The maximum atomic E-state index is 13.1. The Morgan fingerprint density at radius 3 is 2.06 bits per heavy atom. The first kappa shape index (κ1) is 20.7. The summed E-state index contributed by atoms with van der Waals surface area (Å²) < 4.78 is 13.9. The fourth-order valence-corrected chi connectivity index (χ4v) is 3.50. The lowest BCUT2D eigenvalue weighted by Crippen LogP contribution is -2.43. The number of halogens is 2. The van der Waals surface area contributed by atoms with E-state index < -0.39 is 17.7 Å². The molecule has 3 aromatic rings. The smallest absolute Gasteiger partial charge is 0.263 e. The van der Waals surface area contributed by atoms with Gasteiger partial charge in [-0.3, -0.25) is 24.2 Å². The predicted molar refractivity (Wildman–Crippen MR) is 119 cm³/mol. The molecule has 0 saturated carbocycles. The van der Waals surface area contributed by atoms with Gasteiger partial charge >= 0.3 is 0 Å². The molecule has 7 heteroatoms. The Morgan fingerprint density at radius 2 is 1.48 bits per heavy atom. The van der Waals surface area contributed by atoms with Gasteiger partial charge in [-0.2, -0.15) is 0 Å². The maximum Gasteiger partial charge on any atom is 0.263 e. The summed E-state index contributed by atoms with van der Waals surface area (Å²) in [6.07, 6.45) is 2.88. The minimum atomic E-state index is -0.446. The quantitative estimate of drug-likeness (QED) is 0.387. The Balaban J connectivity index is 1.63. The molecule has 1 aliphatic rings. The molecule has 0 atom stereocenters. The van der Waals surface area contributed by atoms with Gasteiger partial charge in [0.15, 0.2) is 0 Å². The van der Waals surface area contributed by atoms with E-state index >= 15 is 0 Å². The van der Waals surface area contributed by atoms with Crippen LogP contribution in [0.3, 0.4) is 0 Å². The van der Waals surface area contributed by atoms with Crippen LogP contribution in [0, 0.1) is 5.82 Å². The maximum absolute atomic E-state index is 13.1. The van der Waals surface area contributed by atoms with Crippen molar-refractivity contribution in [1.82, 2.24) is 4.90 Å². The summed E-state index contributed by atoms with van der Waals surface area (Å²) in [6.45, 7) is -0.236. The molecule has 4 rings (SSSR count). The number of anilines is 1. The Morgan fingerprint density at radius 1 is 0.903 bits per heavy atom. The first-order valence-electron chi connectivity index (χ1n) is 9.40. The molecule has 0 N–H and O–H groups in total. The number of hydrogen-bond acceptors (Lipinski definition) is 3. The second-order valence-electron chi connectivity index (χ2n) is 6.85. The van der Waals surface area contributed by atoms with Gasteiger partial charge in [-0.1, -0.05) is 40.2 Å². The van der Waals surface area contributed by atoms with Crippen LogP contribution in [0.1, 0.15) is 26.3 Å². The Labute approximate surface area is 186 Å². The third-order valence-corrected chi connectivity index (χ3v) is 5.38. The normalized spacial score (nSPS) is 13.0. The van der Waals surface area contributed by atoms with Crippen molar-refractivity contribution in [2.45, 2.75) is 0 Å². The minimum Gasteiger partial charge on any atom is -0.290 e. The number of fused-ring (bicyclic) bond motifs is 1. The number of benzene rings is 3. The average molecular weight is 479 g/mol. The van der Waals surface area contributed by atoms with Crippen LogP contribution >= 0.6 is 15.9 Å². The number of hydrogen-bond donors (Lipinski definition) is 0. The van der Waals surface area contributed by atoms with E-state index in [1.807, 2.05) is 0 Å². The van der Waals surface area contributed by atoms with Gasteiger partial charge in [0.2, 0.25) is 0 Å². The molecule has 1 heterocycles. The van der Waals surface area contributed by atoms with E-state index in [1.54, 1.807) is 66.7 Å². The lowest BCUT2D eigenvalue weighted by atomic mass is 10.1. The fraction of sp³-hybridized carbons (Fsp3) is 0.0417. The number of nitrogens with zero attached hydrogens (tertiary/aromatic N) is 2. The summed E-state index contributed by atoms with van der Waals surface area (Å²) in [5.41, 5.74) is 1.80. The number of amides is 3. The molecular formula is C24H16BrFN2O3. The third kappa shape index (κ3) is 4.32. The zero-order valence-corrected chi connectivity index (χ0v) is 17.8. The molecule has 5 nitrogen and oxygen atoms in total. The summed E-state index contributed by atoms with van der Waals surface area (Å²) in [5.74, 6) is -1.69. The molecule has 1 aliphatic heterocycles. The van der Waals surface area contributed by atoms with Crippen LogP contribution in [0.2, 0.25) is 0 Å². The number of imide groups is 1. The number of rotatable bonds is 5. The second-order valence-corrected chi connectivity index (χ2v) is 7.77. The van der Waals surface area contributed by atoms with Crippen molar-refractivity contribution in [1.29, 1.82) is 0 Å². The summed E-state index contributed by atoms with van der Waals surface area (Å²) in [6, 6.07) is 19.2. The first-order valence-corrected chi connectivity index (χ1v) is 10.2. The molecule has 3 amide bonds. The van der Waals surface area contributed by atoms with E-state index in [9.17, 15) is 18.8 Å². The Kier molecular flexibility index (Phi) is 5.77. The first-order chi connectivity index (χ1) is 14.9. The lowest BCUT2D eigenvalue weighted by Gasteiger charge is -2.26. The van der Waals surface area contributed by atoms with Crippen LogP contribution in [0.25, 0.3) is 6.08 Å². The van der Waals surface area contributed by atoms with E-state index in [1.165, 1.54) is 23.1 Å². The van der Waals surface area contributed by atoms with Gasteiger partial charge in [-0.25, -0.2) is 4.39 Å². The van der Waals surface area contributed by atoms with E-state index in [0.29, 0.717) is 22.4 Å². The highest BCUT2D eigenvalue weighted by Gasteiger charge is 2.36. The van der Waals surface area contributed by atoms with Crippen molar-refractivity contribution < 1.29 is 18.8 Å². The minimum absolute atomic E-state index is 0.236. The molecule has 0 bridgehead atoms. The standard InChI is InChI=1S/C24H16BrFN2O3/c25-17-8-12-19(13-9-17)27(22(29)14-7-16-5-10-18(26)11-6-16)15-28-23(30)20-3-1-2-4-21(20)24(28)31/h1-14H,15H2/b14-7+. The molecule has 154 valence electrons. The van der Waals surface area contributed by atoms with Gasteiger partial charge in [-0.05, 0) is 60.2 Å². The Bertz CT molecular complexity index is 1160. The average Bonchev–Trinajstić information content (AvgIpc) is 3.02. The SMILES string of the molecule is O=C1c2ccccc2C(=O)N1CN(C(=O)/C=C/c1ccc(F)cc1)c1ccc(Br)cc1. The topological polar surface area (TPSA) is 57.7 Å². The van der Waals surface area contributed by atoms with Crippen LogP contribution in [-0.4, -0.2) is 29.3 Å². The molecular weight excluding hydrogens is 463 g/mol. The van der Waals surface area contributed by atoms with Gasteiger partial charge in [0.25, 0.3) is 17.7 Å². The molecule has 0 fully saturated rings. The highest BCUT2D eigenvalue weighted by Crippen LogP contribution is 2.25. The van der Waals surface area contributed by atoms with Gasteiger partial charge in [0.1, 0.15) is 12.5 Å². The van der Waals surface area contributed by atoms with Gasteiger partial charge in [-0.15, -0.1) is 0 Å². The van der Waals surface area contributed by atoms with E-state index in [0.717, 1.165) is 9.37 Å². The highest BCUT2D eigenvalue weighted by molar-refractivity contribution is 9.10. The molecule has 0 unspecified atom stereocenters. The zero-order chi connectivity index (χ0) is 22.0. The molecule has 0 spiro atoms. The summed E-state index contributed by atoms with van der Waals surface area (Å²) >= 11 is 3.36. The van der Waals surface area contributed by atoms with E-state index in [-0.39, 0.29) is 12.5 Å². The van der Waals surface area contributed by atoms with Crippen molar-refractivity contribution in [2.24, 2.45) is 0 Å². The molecule has 0 aliphatic carbocycles. The third-order valence-electron chi connectivity index (χ3n) is 4.85. The van der Waals surface area contributed by atoms with Crippen LogP contribution in [-0.2, 0) is 4.79 Å². The largest absolute Gasteiger partial charge is 0.290 e. The van der Waals surface area contributed by atoms with Gasteiger partial charge < -0.3 is 0 Å². The van der Waals surface area contributed by atoms with Crippen molar-refractivity contribution in [3.8, 4) is 0 Å². The fourth-order valence-electron chi connectivity index (χ4n) is 3.24. The number of carbonyl (C=O) groups excluding carboxylic acids is 3. The van der Waals surface area contributed by atoms with Crippen LogP contribution in [0.15, 0.2) is 83.3 Å². The summed E-state index contributed by atoms with van der Waals surface area (Å²) in [7, 11) is 0. The van der Waals surface area contributed by atoms with Crippen molar-refractivity contribution in [3.63, 3.8) is 0 Å². The van der Waals surface area contributed by atoms with Crippen molar-refractivity contribution in [3.05, 3.63) is 106 Å². The summed E-state index contributed by atoms with van der Waals surface area (Å²) in [5, 5.41) is 0. The molecule has 31 heavy (non-hydrogen) atoms. The predicted octanol–water partition coefficient (Wildman–Crippen LogP) is 4.89. The monoisotopic (exact) mass is 478 g/mol. The van der Waals surface area contributed by atoms with E-state index in [2.05, 4.69) is 15.9 Å². The van der Waals surface area contributed by atoms with Crippen molar-refractivity contribution >= 4 is 45.4 Å². The van der Waals surface area contributed by atoms with Gasteiger partial charge in [0.05, 0.1) is 11.1 Å². The van der Waals surface area contributed by atoms with Crippen molar-refractivity contribution in [2.75, 3.05) is 11.6 Å². The van der Waals surface area contributed by atoms with Crippen LogP contribution in [0.5, 0.6) is 0 Å². The molecule has 0 aromatic heterocycles. The second kappa shape index (κ2) is 8.65. The van der Waals surface area contributed by atoms with E-state index in [4.69, 9.17) is 0 Å². The zero-order valence-electron chi connectivity index (χ0n) is 16.2. The van der Waals surface area contributed by atoms with Gasteiger partial charge in [0, 0.05) is 16.2 Å². The Hall–Kier alpha value is -3.58. The lowest BCUT2D eigenvalue weighted by molar-refractivity contribution is -0.114. The van der Waals surface area contributed by atoms with Crippen LogP contribution in [0.4, 0.5) is 10.1 Å².